The van der Waals surface area contributed by atoms with E-state index < -0.39 is 0 Å². The van der Waals surface area contributed by atoms with Crippen LogP contribution in [0.5, 0.6) is 5.75 Å². The van der Waals surface area contributed by atoms with Gasteiger partial charge in [-0.3, -0.25) is 0 Å². The van der Waals surface area contributed by atoms with E-state index in [1.54, 1.807) is 7.05 Å². The highest BCUT2D eigenvalue weighted by atomic mass is 16.5. The first-order valence-electron chi connectivity index (χ1n) is 6.54. The molecule has 19 heavy (non-hydrogen) atoms. The number of hydrogen-bond donors (Lipinski definition) is 3. The molecule has 0 saturated heterocycles. The van der Waals surface area contributed by atoms with Gasteiger partial charge in [-0.05, 0) is 36.6 Å². The lowest BCUT2D eigenvalue weighted by molar-refractivity contribution is 0.253. The van der Waals surface area contributed by atoms with E-state index in [0.717, 1.165) is 6.42 Å². The molecule has 0 unspecified atom stereocenters. The van der Waals surface area contributed by atoms with E-state index in [9.17, 15) is 4.79 Å². The average molecular weight is 265 g/mol. The molecule has 106 valence electrons. The molecule has 0 atom stereocenters. The van der Waals surface area contributed by atoms with Gasteiger partial charge in [0.15, 0.2) is 0 Å². The predicted octanol–water partition coefficient (Wildman–Crippen LogP) is 2.29. The van der Waals surface area contributed by atoms with Gasteiger partial charge in [0.1, 0.15) is 5.75 Å². The molecule has 0 aliphatic rings. The van der Waals surface area contributed by atoms with Crippen LogP contribution in [0.3, 0.4) is 0 Å². The minimum Gasteiger partial charge on any atom is -0.491 e. The molecule has 5 nitrogen and oxygen atoms in total. The Morgan fingerprint density at radius 3 is 2.74 bits per heavy atom. The zero-order chi connectivity index (χ0) is 14.3. The maximum Gasteiger partial charge on any atom is 0.319 e. The van der Waals surface area contributed by atoms with Gasteiger partial charge in [0, 0.05) is 7.05 Å². The van der Waals surface area contributed by atoms with Crippen molar-refractivity contribution in [2.75, 3.05) is 25.5 Å². The maximum absolute atomic E-state index is 11.4. The molecule has 0 aliphatic carbocycles. The third-order valence-corrected chi connectivity index (χ3v) is 2.75. The second-order valence-corrected chi connectivity index (χ2v) is 4.61. The first-order valence-corrected chi connectivity index (χ1v) is 6.54. The molecule has 5 heteroatoms. The molecule has 0 aromatic heterocycles. The van der Waals surface area contributed by atoms with Crippen LogP contribution in [0, 0.1) is 0 Å². The van der Waals surface area contributed by atoms with E-state index in [1.165, 1.54) is 5.56 Å². The summed E-state index contributed by atoms with van der Waals surface area (Å²) in [6.45, 7) is 5.36. The Morgan fingerprint density at radius 1 is 1.42 bits per heavy atom. The van der Waals surface area contributed by atoms with Crippen LogP contribution >= 0.6 is 0 Å². The quantitative estimate of drug-likeness (QED) is 0.691. The molecule has 0 heterocycles. The summed E-state index contributed by atoms with van der Waals surface area (Å²) in [6, 6.07) is 5.56. The van der Waals surface area contributed by atoms with Gasteiger partial charge in [0.25, 0.3) is 0 Å². The monoisotopic (exact) mass is 265 g/mol. The fraction of sp³-hybridized carbons (Fsp3) is 0.500. The van der Waals surface area contributed by atoms with Crippen LogP contribution in [-0.2, 0) is 0 Å². The van der Waals surface area contributed by atoms with Crippen LogP contribution in [0.2, 0.25) is 0 Å². The topological polar surface area (TPSA) is 76.4 Å². The zero-order valence-electron chi connectivity index (χ0n) is 11.8. The number of nitrogens with one attached hydrogen (secondary N) is 2. The Kier molecular flexibility index (Phi) is 6.15. The molecule has 0 aliphatic heterocycles. The van der Waals surface area contributed by atoms with Crippen molar-refractivity contribution in [2.45, 2.75) is 26.2 Å². The third-order valence-electron chi connectivity index (χ3n) is 2.75. The van der Waals surface area contributed by atoms with Crippen molar-refractivity contribution >= 4 is 11.7 Å². The minimum atomic E-state index is -0.263. The van der Waals surface area contributed by atoms with Gasteiger partial charge in [-0.2, -0.15) is 0 Å². The van der Waals surface area contributed by atoms with Crippen molar-refractivity contribution in [1.82, 2.24) is 5.32 Å². The number of anilines is 1. The highest BCUT2D eigenvalue weighted by Gasteiger charge is 2.09. The van der Waals surface area contributed by atoms with E-state index in [2.05, 4.69) is 24.5 Å². The smallest absolute Gasteiger partial charge is 0.319 e. The van der Waals surface area contributed by atoms with Crippen LogP contribution in [0.15, 0.2) is 18.2 Å². The fourth-order valence-corrected chi connectivity index (χ4v) is 1.57. The molecule has 1 aromatic rings. The van der Waals surface area contributed by atoms with Gasteiger partial charge < -0.3 is 21.1 Å². The molecule has 4 N–H and O–H groups in total. The molecule has 2 amide bonds. The number of carbonyl (C=O) groups excluding carboxylic acids is 1. The Hall–Kier alpha value is -1.75. The summed E-state index contributed by atoms with van der Waals surface area (Å²) in [5.74, 6) is 1.09. The van der Waals surface area contributed by atoms with Crippen molar-refractivity contribution in [3.63, 3.8) is 0 Å². The highest BCUT2D eigenvalue weighted by molar-refractivity contribution is 5.90. The standard InChI is InChI=1S/C14H23N3O2/c1-10(2)11-5-6-12(17-14(18)16-3)13(9-11)19-8-4-7-15/h5-6,9-10H,4,7-8,15H2,1-3H3,(H2,16,17,18). The van der Waals surface area contributed by atoms with Crippen molar-refractivity contribution in [3.05, 3.63) is 23.8 Å². The van der Waals surface area contributed by atoms with Gasteiger partial charge >= 0.3 is 6.03 Å². The number of urea groups is 1. The number of benzene rings is 1. The summed E-state index contributed by atoms with van der Waals surface area (Å²) >= 11 is 0. The van der Waals surface area contributed by atoms with Crippen LogP contribution in [0.1, 0.15) is 31.7 Å². The molecular formula is C14H23N3O2. The highest BCUT2D eigenvalue weighted by Crippen LogP contribution is 2.29. The first kappa shape index (κ1) is 15.3. The van der Waals surface area contributed by atoms with Crippen LogP contribution in [-0.4, -0.2) is 26.2 Å². The normalized spacial score (nSPS) is 10.4. The molecule has 0 bridgehead atoms. The number of carbonyl (C=O) groups is 1. The van der Waals surface area contributed by atoms with Gasteiger partial charge in [-0.1, -0.05) is 19.9 Å². The SMILES string of the molecule is CNC(=O)Nc1ccc(C(C)C)cc1OCCCN. The van der Waals surface area contributed by atoms with Gasteiger partial charge in [-0.25, -0.2) is 4.79 Å². The first-order chi connectivity index (χ1) is 9.08. The number of rotatable bonds is 6. The Labute approximate surface area is 114 Å². The van der Waals surface area contributed by atoms with Crippen molar-refractivity contribution in [1.29, 1.82) is 0 Å². The summed E-state index contributed by atoms with van der Waals surface area (Å²) in [5.41, 5.74) is 7.29. The molecule has 1 aromatic carbocycles. The lowest BCUT2D eigenvalue weighted by Gasteiger charge is -2.15. The van der Waals surface area contributed by atoms with Crippen molar-refractivity contribution in [2.24, 2.45) is 5.73 Å². The number of nitrogens with two attached hydrogens (primary N) is 1. The summed E-state index contributed by atoms with van der Waals surface area (Å²) in [7, 11) is 1.58. The summed E-state index contributed by atoms with van der Waals surface area (Å²) in [6.07, 6.45) is 0.783. The zero-order valence-corrected chi connectivity index (χ0v) is 11.8. The Morgan fingerprint density at radius 2 is 2.16 bits per heavy atom. The van der Waals surface area contributed by atoms with E-state index in [-0.39, 0.29) is 6.03 Å². The van der Waals surface area contributed by atoms with Crippen molar-refractivity contribution in [3.8, 4) is 5.75 Å². The largest absolute Gasteiger partial charge is 0.491 e. The maximum atomic E-state index is 11.4. The molecule has 0 spiro atoms. The molecular weight excluding hydrogens is 242 g/mol. The van der Waals surface area contributed by atoms with Crippen LogP contribution in [0.25, 0.3) is 0 Å². The third kappa shape index (κ3) is 4.79. The molecule has 0 fully saturated rings. The number of hydrogen-bond acceptors (Lipinski definition) is 3. The predicted molar refractivity (Wildman–Crippen MR) is 77.8 cm³/mol. The fourth-order valence-electron chi connectivity index (χ4n) is 1.57. The Balaban J connectivity index is 2.90. The van der Waals surface area contributed by atoms with E-state index in [4.69, 9.17) is 10.5 Å². The average Bonchev–Trinajstić information content (AvgIpc) is 2.40. The van der Waals surface area contributed by atoms with E-state index >= 15 is 0 Å². The number of amides is 2. The van der Waals surface area contributed by atoms with E-state index in [0.29, 0.717) is 30.5 Å². The number of ether oxygens (including phenoxy) is 1. The second kappa shape index (κ2) is 7.63. The lowest BCUT2D eigenvalue weighted by Crippen LogP contribution is -2.24. The molecule has 0 radical (unpaired) electrons. The summed E-state index contributed by atoms with van der Waals surface area (Å²) in [4.78, 5) is 11.4. The Bertz CT molecular complexity index is 419. The lowest BCUT2D eigenvalue weighted by atomic mass is 10.0. The molecule has 0 saturated carbocycles. The van der Waals surface area contributed by atoms with Crippen LogP contribution < -0.4 is 21.1 Å². The van der Waals surface area contributed by atoms with Gasteiger partial charge in [0.05, 0.1) is 12.3 Å². The van der Waals surface area contributed by atoms with Crippen LogP contribution in [0.4, 0.5) is 10.5 Å². The summed E-state index contributed by atoms with van der Waals surface area (Å²) in [5, 5.41) is 5.27. The minimum absolute atomic E-state index is 0.263. The second-order valence-electron chi connectivity index (χ2n) is 4.61. The van der Waals surface area contributed by atoms with E-state index in [1.807, 2.05) is 18.2 Å². The van der Waals surface area contributed by atoms with Gasteiger partial charge in [0.2, 0.25) is 0 Å². The van der Waals surface area contributed by atoms with Crippen molar-refractivity contribution < 1.29 is 9.53 Å². The summed E-state index contributed by atoms with van der Waals surface area (Å²) < 4.78 is 5.69. The molecule has 1 rings (SSSR count). The van der Waals surface area contributed by atoms with Gasteiger partial charge in [-0.15, -0.1) is 0 Å².